The van der Waals surface area contributed by atoms with Crippen molar-refractivity contribution in [3.63, 3.8) is 0 Å². The van der Waals surface area contributed by atoms with Crippen LogP contribution >= 0.6 is 0 Å². The topological polar surface area (TPSA) is 143 Å². The van der Waals surface area contributed by atoms with Gasteiger partial charge in [-0.3, -0.25) is 21.1 Å². The molecule has 0 radical (unpaired) electrons. The maximum Gasteiger partial charge on any atom is 0.257 e. The van der Waals surface area contributed by atoms with Gasteiger partial charge in [0.15, 0.2) is 17.3 Å². The van der Waals surface area contributed by atoms with Crippen LogP contribution in [0.15, 0.2) is 47.6 Å². The van der Waals surface area contributed by atoms with Crippen LogP contribution in [0, 0.1) is 5.41 Å². The number of methoxy groups -OCH3 is 3. The highest BCUT2D eigenvalue weighted by atomic mass is 16.5. The molecule has 11 nitrogen and oxygen atoms in total. The summed E-state index contributed by atoms with van der Waals surface area (Å²) in [5.74, 6) is 1.21. The Morgan fingerprint density at radius 3 is 2.53 bits per heavy atom. The number of benzene rings is 2. The minimum absolute atomic E-state index is 0.170. The quantitative estimate of drug-likeness (QED) is 0.237. The molecular weight excluding hydrogens is 414 g/mol. The molecule has 32 heavy (non-hydrogen) atoms. The molecule has 0 spiro atoms. The zero-order valence-corrected chi connectivity index (χ0v) is 17.8. The lowest BCUT2D eigenvalue weighted by Gasteiger charge is -2.12. The first-order valence-corrected chi connectivity index (χ1v) is 9.47. The zero-order valence-electron chi connectivity index (χ0n) is 17.8. The molecule has 1 aromatic heterocycles. The number of aromatic nitrogens is 2. The van der Waals surface area contributed by atoms with Crippen molar-refractivity contribution in [1.29, 1.82) is 5.41 Å². The smallest absolute Gasteiger partial charge is 0.257 e. The van der Waals surface area contributed by atoms with Gasteiger partial charge in [-0.2, -0.15) is 5.10 Å². The Kier molecular flexibility index (Phi) is 7.36. The van der Waals surface area contributed by atoms with Crippen LogP contribution in [0.4, 0.5) is 5.82 Å². The largest absolute Gasteiger partial charge is 0.493 e. The highest BCUT2D eigenvalue weighted by Gasteiger charge is 2.12. The lowest BCUT2D eigenvalue weighted by atomic mass is 10.2. The van der Waals surface area contributed by atoms with E-state index in [2.05, 4.69) is 31.4 Å². The summed E-state index contributed by atoms with van der Waals surface area (Å²) in [6, 6.07) is 10.9. The van der Waals surface area contributed by atoms with Crippen LogP contribution in [0.2, 0.25) is 0 Å². The Labute approximate surface area is 184 Å². The van der Waals surface area contributed by atoms with E-state index in [0.717, 1.165) is 10.8 Å². The highest BCUT2D eigenvalue weighted by molar-refractivity contribution is 5.95. The third-order valence-corrected chi connectivity index (χ3v) is 4.34. The molecule has 11 heteroatoms. The van der Waals surface area contributed by atoms with Crippen LogP contribution in [-0.4, -0.2) is 56.2 Å². The molecule has 3 rings (SSSR count). The number of rotatable bonds is 8. The highest BCUT2D eigenvalue weighted by Crippen LogP contribution is 2.37. The average Bonchev–Trinajstić information content (AvgIpc) is 2.83. The summed E-state index contributed by atoms with van der Waals surface area (Å²) in [7, 11) is 4.54. The molecule has 0 unspecified atom stereocenters. The summed E-state index contributed by atoms with van der Waals surface area (Å²) in [6.07, 6.45) is 3.08. The van der Waals surface area contributed by atoms with Gasteiger partial charge in [-0.1, -0.05) is 24.3 Å². The van der Waals surface area contributed by atoms with Gasteiger partial charge in [0, 0.05) is 22.6 Å². The normalized spacial score (nSPS) is 10.6. The third-order valence-electron chi connectivity index (χ3n) is 4.34. The van der Waals surface area contributed by atoms with E-state index in [-0.39, 0.29) is 12.5 Å². The Hall–Kier alpha value is -4.41. The van der Waals surface area contributed by atoms with Gasteiger partial charge in [-0.25, -0.2) is 4.99 Å². The molecule has 1 heterocycles. The van der Waals surface area contributed by atoms with Crippen LogP contribution in [0.1, 0.15) is 5.56 Å². The number of anilines is 1. The number of amides is 1. The standard InChI is InChI=1S/C21H23N7O4/c1-30-16-8-13(9-17(31-2)19(16)32-3)10-23-21(22)24-12-18(29)26-28-20-15-7-5-4-6-14(15)11-25-27-20/h4-11H,12H2,1-3H3,(H2,22,24)(H,26,29)(H,27,28). The van der Waals surface area contributed by atoms with Crippen LogP contribution in [-0.2, 0) is 4.79 Å². The van der Waals surface area contributed by atoms with E-state index in [1.807, 2.05) is 24.3 Å². The van der Waals surface area contributed by atoms with Crippen molar-refractivity contribution in [2.24, 2.45) is 4.99 Å². The van der Waals surface area contributed by atoms with Gasteiger partial charge in [-0.15, -0.1) is 5.10 Å². The number of hydrogen-bond donors (Lipinski definition) is 4. The minimum Gasteiger partial charge on any atom is -0.493 e. The van der Waals surface area contributed by atoms with E-state index >= 15 is 0 Å². The fraction of sp³-hybridized carbons (Fsp3) is 0.190. The SMILES string of the molecule is COc1cc(C=NC(=N)NCC(=O)NNc2nncc3ccccc23)cc(OC)c1OC. The Morgan fingerprint density at radius 2 is 1.84 bits per heavy atom. The lowest BCUT2D eigenvalue weighted by molar-refractivity contribution is -0.119. The van der Waals surface area contributed by atoms with Crippen molar-refractivity contribution < 1.29 is 19.0 Å². The number of carbonyl (C=O) groups excluding carboxylic acids is 1. The molecular formula is C21H23N7O4. The number of aliphatic imine (C=N–C) groups is 1. The number of guanidine groups is 1. The maximum atomic E-state index is 12.1. The number of nitrogens with zero attached hydrogens (tertiary/aromatic N) is 3. The summed E-state index contributed by atoms with van der Waals surface area (Å²) < 4.78 is 15.9. The van der Waals surface area contributed by atoms with Crippen molar-refractivity contribution in [2.75, 3.05) is 33.3 Å². The third kappa shape index (κ3) is 5.39. The lowest BCUT2D eigenvalue weighted by Crippen LogP contribution is -2.39. The van der Waals surface area contributed by atoms with E-state index in [4.69, 9.17) is 19.6 Å². The summed E-state index contributed by atoms with van der Waals surface area (Å²) in [5, 5.41) is 20.1. The maximum absolute atomic E-state index is 12.1. The number of hydrazine groups is 1. The van der Waals surface area contributed by atoms with Gasteiger partial charge in [0.2, 0.25) is 11.7 Å². The molecule has 1 amide bonds. The second-order valence-electron chi connectivity index (χ2n) is 6.37. The fourth-order valence-electron chi connectivity index (χ4n) is 2.82. The predicted octanol–water partition coefficient (Wildman–Crippen LogP) is 1.74. The van der Waals surface area contributed by atoms with Crippen LogP contribution in [0.25, 0.3) is 10.8 Å². The Morgan fingerprint density at radius 1 is 1.12 bits per heavy atom. The summed E-state index contributed by atoms with van der Waals surface area (Å²) in [5.41, 5.74) is 5.89. The average molecular weight is 437 g/mol. The molecule has 4 N–H and O–H groups in total. The summed E-state index contributed by atoms with van der Waals surface area (Å²) in [4.78, 5) is 16.1. The van der Waals surface area contributed by atoms with Crippen molar-refractivity contribution in [3.05, 3.63) is 48.2 Å². The van der Waals surface area contributed by atoms with E-state index in [9.17, 15) is 4.79 Å². The molecule has 0 atom stereocenters. The van der Waals surface area contributed by atoms with E-state index in [0.29, 0.717) is 28.6 Å². The molecule has 0 fully saturated rings. The fourth-order valence-corrected chi connectivity index (χ4v) is 2.82. The van der Waals surface area contributed by atoms with Gasteiger partial charge in [0.05, 0.1) is 34.1 Å². The molecule has 0 aliphatic rings. The summed E-state index contributed by atoms with van der Waals surface area (Å²) in [6.45, 7) is -0.170. The van der Waals surface area contributed by atoms with E-state index < -0.39 is 5.91 Å². The number of nitrogens with one attached hydrogen (secondary N) is 4. The first-order valence-electron chi connectivity index (χ1n) is 9.47. The molecule has 0 aliphatic carbocycles. The van der Waals surface area contributed by atoms with Gasteiger partial charge in [0.25, 0.3) is 5.91 Å². The Balaban J connectivity index is 1.54. The van der Waals surface area contributed by atoms with Gasteiger partial charge in [-0.05, 0) is 12.1 Å². The van der Waals surface area contributed by atoms with Crippen molar-refractivity contribution >= 4 is 34.7 Å². The van der Waals surface area contributed by atoms with E-state index in [1.165, 1.54) is 27.5 Å². The molecule has 0 saturated carbocycles. The van der Waals surface area contributed by atoms with E-state index in [1.54, 1.807) is 18.3 Å². The van der Waals surface area contributed by atoms with Crippen LogP contribution in [0.5, 0.6) is 17.2 Å². The molecule has 0 aliphatic heterocycles. The second-order valence-corrected chi connectivity index (χ2v) is 6.37. The predicted molar refractivity (Wildman–Crippen MR) is 121 cm³/mol. The number of ether oxygens (including phenoxy) is 3. The van der Waals surface area contributed by atoms with Gasteiger partial charge >= 0.3 is 0 Å². The number of fused-ring (bicyclic) bond motifs is 1. The molecule has 0 saturated heterocycles. The van der Waals surface area contributed by atoms with Gasteiger partial charge in [0.1, 0.15) is 0 Å². The summed E-state index contributed by atoms with van der Waals surface area (Å²) >= 11 is 0. The monoisotopic (exact) mass is 437 g/mol. The minimum atomic E-state index is -0.410. The molecule has 2 aromatic carbocycles. The second kappa shape index (κ2) is 10.6. The van der Waals surface area contributed by atoms with Crippen molar-refractivity contribution in [2.45, 2.75) is 0 Å². The van der Waals surface area contributed by atoms with Gasteiger partial charge < -0.3 is 19.5 Å². The van der Waals surface area contributed by atoms with Crippen molar-refractivity contribution in [1.82, 2.24) is 20.9 Å². The van der Waals surface area contributed by atoms with Crippen LogP contribution in [0.3, 0.4) is 0 Å². The molecule has 0 bridgehead atoms. The van der Waals surface area contributed by atoms with Crippen molar-refractivity contribution in [3.8, 4) is 17.2 Å². The number of carbonyl (C=O) groups is 1. The first kappa shape index (κ1) is 22.3. The van der Waals surface area contributed by atoms with Crippen LogP contribution < -0.4 is 30.4 Å². The molecule has 3 aromatic rings. The molecule has 166 valence electrons. The number of hydrogen-bond acceptors (Lipinski definition) is 8. The zero-order chi connectivity index (χ0) is 22.9. The Bertz CT molecular complexity index is 1120. The first-order chi connectivity index (χ1) is 15.5.